The Hall–Kier alpha value is -3.59. The number of benzene rings is 2. The van der Waals surface area contributed by atoms with Gasteiger partial charge in [-0.05, 0) is 47.6 Å². The largest absolute Gasteiger partial charge is 0.496 e. The number of fused-ring (bicyclic) bond motifs is 1. The molecule has 0 saturated carbocycles. The zero-order valence-electron chi connectivity index (χ0n) is 20.0. The number of carbonyl (C=O) groups excluding carboxylic acids is 1. The second-order valence-electron chi connectivity index (χ2n) is 9.46. The van der Waals surface area contributed by atoms with E-state index in [-0.39, 0.29) is 5.78 Å². The first kappa shape index (κ1) is 22.6. The second-order valence-corrected chi connectivity index (χ2v) is 9.46. The maximum Gasteiger partial charge on any atom is 0.184 e. The molecule has 33 heavy (non-hydrogen) atoms. The maximum absolute atomic E-state index is 13.7. The van der Waals surface area contributed by atoms with E-state index in [0.717, 1.165) is 11.4 Å². The fourth-order valence-electron chi connectivity index (χ4n) is 4.61. The Labute approximate surface area is 194 Å². The molecule has 0 radical (unpaired) electrons. The van der Waals surface area contributed by atoms with Crippen LogP contribution in [0.1, 0.15) is 55.2 Å². The minimum atomic E-state index is -0.759. The molecule has 0 saturated heterocycles. The van der Waals surface area contributed by atoms with Crippen molar-refractivity contribution < 1.29 is 14.3 Å². The molecule has 4 rings (SSSR count). The molecule has 1 atom stereocenters. The van der Waals surface area contributed by atoms with Crippen LogP contribution < -0.4 is 9.47 Å². The number of hydrogen-bond acceptors (Lipinski definition) is 5. The van der Waals surface area contributed by atoms with Crippen molar-refractivity contribution in [3.8, 4) is 34.5 Å². The molecule has 1 unspecified atom stereocenters. The number of Topliss-reactive ketones (excluding diaryl/α,β-unsaturated/α-hetero) is 1. The summed E-state index contributed by atoms with van der Waals surface area (Å²) in [7, 11) is 3.16. The van der Waals surface area contributed by atoms with E-state index in [4.69, 9.17) is 14.6 Å². The van der Waals surface area contributed by atoms with Gasteiger partial charge in [-0.1, -0.05) is 45.9 Å². The van der Waals surface area contributed by atoms with Crippen molar-refractivity contribution in [1.29, 1.82) is 5.26 Å². The van der Waals surface area contributed by atoms with E-state index in [1.807, 2.05) is 48.9 Å². The Morgan fingerprint density at radius 1 is 1.06 bits per heavy atom. The molecule has 0 aliphatic heterocycles. The van der Waals surface area contributed by atoms with Gasteiger partial charge in [-0.25, -0.2) is 4.68 Å². The second kappa shape index (κ2) is 8.40. The number of nitriles is 1. The standard InChI is InChI=1S/C27H29N3O3/c1-16(2)17-10-12-18(13-11-17)30-20-14-27(3,4)19(15-28)26(31)23(20)25(29-30)24-21(32-5)8-7-9-22(24)33-6/h7-13,16,19H,14H2,1-6H3. The molecule has 170 valence electrons. The molecule has 6 nitrogen and oxygen atoms in total. The van der Waals surface area contributed by atoms with Gasteiger partial charge in [-0.2, -0.15) is 10.4 Å². The molecule has 0 amide bonds. The first-order chi connectivity index (χ1) is 15.7. The highest BCUT2D eigenvalue weighted by Gasteiger charge is 2.46. The summed E-state index contributed by atoms with van der Waals surface area (Å²) in [4.78, 5) is 13.7. The van der Waals surface area contributed by atoms with Crippen molar-refractivity contribution >= 4 is 5.78 Å². The number of rotatable bonds is 5. The van der Waals surface area contributed by atoms with Gasteiger partial charge in [0.1, 0.15) is 23.1 Å². The normalized spacial score (nSPS) is 16.9. The summed E-state index contributed by atoms with van der Waals surface area (Å²) in [5.41, 5.74) is 3.95. The first-order valence-electron chi connectivity index (χ1n) is 11.1. The van der Waals surface area contributed by atoms with E-state index in [2.05, 4.69) is 32.0 Å². The molecule has 1 heterocycles. The molecular formula is C27H29N3O3. The third-order valence-corrected chi connectivity index (χ3v) is 6.49. The van der Waals surface area contributed by atoms with Crippen molar-refractivity contribution in [3.63, 3.8) is 0 Å². The maximum atomic E-state index is 13.7. The highest BCUT2D eigenvalue weighted by molar-refractivity contribution is 6.07. The van der Waals surface area contributed by atoms with Crippen molar-refractivity contribution in [2.75, 3.05) is 14.2 Å². The molecule has 1 aliphatic rings. The lowest BCUT2D eigenvalue weighted by Crippen LogP contribution is -2.37. The van der Waals surface area contributed by atoms with Crippen LogP contribution in [0.2, 0.25) is 0 Å². The van der Waals surface area contributed by atoms with E-state index >= 15 is 0 Å². The SMILES string of the molecule is COc1cccc(OC)c1-c1nn(-c2ccc(C(C)C)cc2)c2c1C(=O)C(C#N)C(C)(C)C2. The van der Waals surface area contributed by atoms with Crippen LogP contribution in [0.5, 0.6) is 11.5 Å². The van der Waals surface area contributed by atoms with Crippen LogP contribution in [0, 0.1) is 22.7 Å². The van der Waals surface area contributed by atoms with Gasteiger partial charge in [0.15, 0.2) is 5.78 Å². The van der Waals surface area contributed by atoms with Gasteiger partial charge < -0.3 is 9.47 Å². The van der Waals surface area contributed by atoms with Crippen molar-refractivity contribution in [1.82, 2.24) is 9.78 Å². The molecule has 2 aromatic carbocycles. The number of hydrogen-bond donors (Lipinski definition) is 0. The quantitative estimate of drug-likeness (QED) is 0.514. The highest BCUT2D eigenvalue weighted by Crippen LogP contribution is 2.47. The number of ketones is 1. The van der Waals surface area contributed by atoms with E-state index in [1.165, 1.54) is 5.56 Å². The Balaban J connectivity index is 2.03. The van der Waals surface area contributed by atoms with Gasteiger partial charge in [-0.15, -0.1) is 0 Å². The smallest absolute Gasteiger partial charge is 0.184 e. The average molecular weight is 444 g/mol. The summed E-state index contributed by atoms with van der Waals surface area (Å²) < 4.78 is 13.1. The monoisotopic (exact) mass is 443 g/mol. The van der Waals surface area contributed by atoms with Crippen molar-refractivity contribution in [2.24, 2.45) is 11.3 Å². The Morgan fingerprint density at radius 2 is 1.67 bits per heavy atom. The molecule has 0 bridgehead atoms. The molecule has 6 heteroatoms. The van der Waals surface area contributed by atoms with Crippen LogP contribution in [-0.4, -0.2) is 29.8 Å². The van der Waals surface area contributed by atoms with E-state index in [9.17, 15) is 10.1 Å². The lowest BCUT2D eigenvalue weighted by atomic mass is 9.67. The Morgan fingerprint density at radius 3 is 2.18 bits per heavy atom. The van der Waals surface area contributed by atoms with Gasteiger partial charge in [0.25, 0.3) is 0 Å². The third kappa shape index (κ3) is 3.68. The summed E-state index contributed by atoms with van der Waals surface area (Å²) in [6.07, 6.45) is 0.544. The van der Waals surface area contributed by atoms with Crippen LogP contribution in [0.25, 0.3) is 16.9 Å². The van der Waals surface area contributed by atoms with Crippen molar-refractivity contribution in [2.45, 2.75) is 40.0 Å². The topological polar surface area (TPSA) is 77.1 Å². The minimum Gasteiger partial charge on any atom is -0.496 e. The van der Waals surface area contributed by atoms with Gasteiger partial charge in [0.05, 0.1) is 42.8 Å². The van der Waals surface area contributed by atoms with Crippen LogP contribution in [0.15, 0.2) is 42.5 Å². The van der Waals surface area contributed by atoms with Gasteiger partial charge in [0.2, 0.25) is 0 Å². The lowest BCUT2D eigenvalue weighted by molar-refractivity contribution is 0.0835. The summed E-state index contributed by atoms with van der Waals surface area (Å²) in [6, 6.07) is 15.9. The number of nitrogens with zero attached hydrogens (tertiary/aromatic N) is 3. The van der Waals surface area contributed by atoms with Crippen LogP contribution >= 0.6 is 0 Å². The molecule has 1 aromatic heterocycles. The third-order valence-electron chi connectivity index (χ3n) is 6.49. The Bertz CT molecular complexity index is 1220. The summed E-state index contributed by atoms with van der Waals surface area (Å²) in [6.45, 7) is 8.23. The summed E-state index contributed by atoms with van der Waals surface area (Å²) >= 11 is 0. The average Bonchev–Trinajstić information content (AvgIpc) is 3.16. The summed E-state index contributed by atoms with van der Waals surface area (Å²) in [5, 5.41) is 14.8. The zero-order chi connectivity index (χ0) is 23.9. The number of aromatic nitrogens is 2. The van der Waals surface area contributed by atoms with Crippen molar-refractivity contribution in [3.05, 3.63) is 59.3 Å². The van der Waals surface area contributed by atoms with Gasteiger partial charge in [0, 0.05) is 0 Å². The summed E-state index contributed by atoms with van der Waals surface area (Å²) in [5.74, 6) is 0.559. The van der Waals surface area contributed by atoms with E-state index < -0.39 is 11.3 Å². The molecule has 0 spiro atoms. The number of carbonyl (C=O) groups is 1. The molecule has 0 N–H and O–H groups in total. The van der Waals surface area contributed by atoms with Gasteiger partial charge >= 0.3 is 0 Å². The van der Waals surface area contributed by atoms with Crippen LogP contribution in [0.4, 0.5) is 0 Å². The first-order valence-corrected chi connectivity index (χ1v) is 11.1. The van der Waals surface area contributed by atoms with Crippen LogP contribution in [0.3, 0.4) is 0 Å². The van der Waals surface area contributed by atoms with E-state index in [0.29, 0.717) is 40.7 Å². The molecule has 3 aromatic rings. The number of ether oxygens (including phenoxy) is 2. The van der Waals surface area contributed by atoms with E-state index in [1.54, 1.807) is 14.2 Å². The molecular weight excluding hydrogens is 414 g/mol. The molecule has 1 aliphatic carbocycles. The lowest BCUT2D eigenvalue weighted by Gasteiger charge is -2.33. The number of methoxy groups -OCH3 is 2. The van der Waals surface area contributed by atoms with Gasteiger partial charge in [-0.3, -0.25) is 4.79 Å². The highest BCUT2D eigenvalue weighted by atomic mass is 16.5. The van der Waals surface area contributed by atoms with Crippen LogP contribution in [-0.2, 0) is 6.42 Å². The fraction of sp³-hybridized carbons (Fsp3) is 0.370. The fourth-order valence-corrected chi connectivity index (χ4v) is 4.61. The zero-order valence-corrected chi connectivity index (χ0v) is 20.0. The predicted octanol–water partition coefficient (Wildman–Crippen LogP) is 5.58. The Kier molecular flexibility index (Phi) is 5.75. The predicted molar refractivity (Wildman–Crippen MR) is 127 cm³/mol. The minimum absolute atomic E-state index is 0.211. The molecule has 0 fully saturated rings.